The Labute approximate surface area is 162 Å². The number of aliphatic imine (C=N–C) groups is 1. The number of piperidine rings is 1. The Morgan fingerprint density at radius 3 is 2.77 bits per heavy atom. The minimum absolute atomic E-state index is 0.528. The summed E-state index contributed by atoms with van der Waals surface area (Å²) in [5, 5.41) is 9.37. The average Bonchev–Trinajstić information content (AvgIpc) is 3.33. The second-order valence-corrected chi connectivity index (χ2v) is 8.58. The fourth-order valence-corrected chi connectivity index (χ4v) is 5.57. The Morgan fingerprint density at radius 2 is 2.04 bits per heavy atom. The third-order valence-corrected chi connectivity index (χ3v) is 6.95. The zero-order valence-electron chi connectivity index (χ0n) is 16.6. The lowest BCUT2D eigenvalue weighted by Gasteiger charge is -2.39. The van der Waals surface area contributed by atoms with Gasteiger partial charge < -0.3 is 10.6 Å². The Kier molecular flexibility index (Phi) is 7.34. The summed E-state index contributed by atoms with van der Waals surface area (Å²) < 4.78 is 0. The minimum atomic E-state index is 0.528. The molecule has 1 aromatic rings. The Hall–Kier alpha value is -1.11. The van der Waals surface area contributed by atoms with E-state index in [0.29, 0.717) is 18.0 Å². The normalized spacial score (nSPS) is 28.4. The molecule has 0 spiro atoms. The number of rotatable bonds is 6. The number of likely N-dealkylation sites (tertiary alicyclic amines) is 2. The molecule has 146 valence electrons. The van der Waals surface area contributed by atoms with Crippen LogP contribution in [0.2, 0.25) is 0 Å². The van der Waals surface area contributed by atoms with Crippen molar-refractivity contribution in [1.29, 1.82) is 0 Å². The van der Waals surface area contributed by atoms with E-state index in [0.717, 1.165) is 25.6 Å². The highest BCUT2D eigenvalue weighted by molar-refractivity contribution is 7.10. The molecule has 2 saturated heterocycles. The summed E-state index contributed by atoms with van der Waals surface area (Å²) in [5.74, 6) is 1.58. The van der Waals surface area contributed by atoms with Gasteiger partial charge in [0, 0.05) is 37.1 Å². The molecule has 0 radical (unpaired) electrons. The van der Waals surface area contributed by atoms with Crippen molar-refractivity contribution in [2.45, 2.75) is 44.7 Å². The number of thiophene rings is 1. The molecule has 0 bridgehead atoms. The number of guanidine groups is 1. The van der Waals surface area contributed by atoms with E-state index in [4.69, 9.17) is 0 Å². The summed E-state index contributed by atoms with van der Waals surface area (Å²) in [6.07, 6.45) is 5.18. The van der Waals surface area contributed by atoms with E-state index < -0.39 is 0 Å². The van der Waals surface area contributed by atoms with Crippen LogP contribution in [0.1, 0.15) is 43.5 Å². The van der Waals surface area contributed by atoms with Gasteiger partial charge in [-0.25, -0.2) is 0 Å². The molecule has 26 heavy (non-hydrogen) atoms. The molecule has 0 aromatic carbocycles. The van der Waals surface area contributed by atoms with Crippen molar-refractivity contribution >= 4 is 17.3 Å². The fraction of sp³-hybridized carbons (Fsp3) is 0.750. The maximum Gasteiger partial charge on any atom is 0.191 e. The van der Waals surface area contributed by atoms with Crippen LogP contribution in [0.25, 0.3) is 0 Å². The number of hydrogen-bond acceptors (Lipinski definition) is 4. The molecule has 3 rings (SSSR count). The molecule has 0 saturated carbocycles. The van der Waals surface area contributed by atoms with Crippen LogP contribution in [0.4, 0.5) is 0 Å². The van der Waals surface area contributed by atoms with Crippen molar-refractivity contribution in [2.24, 2.45) is 10.9 Å². The number of nitrogens with zero attached hydrogens (tertiary/aromatic N) is 3. The summed E-state index contributed by atoms with van der Waals surface area (Å²) in [5.41, 5.74) is 0. The lowest BCUT2D eigenvalue weighted by molar-refractivity contribution is 0.125. The van der Waals surface area contributed by atoms with E-state index >= 15 is 0 Å². The highest BCUT2D eigenvalue weighted by atomic mass is 32.1. The van der Waals surface area contributed by atoms with Crippen LogP contribution >= 0.6 is 11.3 Å². The van der Waals surface area contributed by atoms with Gasteiger partial charge in [-0.05, 0) is 69.7 Å². The summed E-state index contributed by atoms with van der Waals surface area (Å²) in [7, 11) is 4.15. The molecule has 1 aromatic heterocycles. The van der Waals surface area contributed by atoms with Gasteiger partial charge >= 0.3 is 0 Å². The monoisotopic (exact) mass is 377 g/mol. The van der Waals surface area contributed by atoms with Crippen molar-refractivity contribution in [3.8, 4) is 0 Å². The van der Waals surface area contributed by atoms with Gasteiger partial charge in [-0.1, -0.05) is 13.0 Å². The third-order valence-electron chi connectivity index (χ3n) is 6.01. The van der Waals surface area contributed by atoms with Crippen molar-refractivity contribution in [3.05, 3.63) is 22.4 Å². The molecular weight excluding hydrogens is 342 g/mol. The van der Waals surface area contributed by atoms with Crippen LogP contribution in [-0.2, 0) is 0 Å². The summed E-state index contributed by atoms with van der Waals surface area (Å²) in [6, 6.07) is 5.64. The predicted molar refractivity (Wildman–Crippen MR) is 112 cm³/mol. The predicted octanol–water partition coefficient (Wildman–Crippen LogP) is 2.78. The lowest BCUT2D eigenvalue weighted by atomic mass is 9.88. The van der Waals surface area contributed by atoms with Gasteiger partial charge in [-0.3, -0.25) is 14.8 Å². The number of hydrogen-bond donors (Lipinski definition) is 2. The maximum absolute atomic E-state index is 4.46. The van der Waals surface area contributed by atoms with Crippen LogP contribution in [0.15, 0.2) is 22.5 Å². The fourth-order valence-electron chi connectivity index (χ4n) is 4.59. The Morgan fingerprint density at radius 1 is 1.23 bits per heavy atom. The first kappa shape index (κ1) is 19.6. The van der Waals surface area contributed by atoms with Gasteiger partial charge in [-0.15, -0.1) is 11.3 Å². The second kappa shape index (κ2) is 9.72. The largest absolute Gasteiger partial charge is 0.356 e. The van der Waals surface area contributed by atoms with Crippen molar-refractivity contribution in [1.82, 2.24) is 20.4 Å². The van der Waals surface area contributed by atoms with Crippen LogP contribution < -0.4 is 10.6 Å². The molecule has 2 N–H and O–H groups in total. The van der Waals surface area contributed by atoms with E-state index in [1.807, 2.05) is 18.4 Å². The van der Waals surface area contributed by atoms with E-state index in [1.54, 1.807) is 0 Å². The van der Waals surface area contributed by atoms with Gasteiger partial charge in [0.2, 0.25) is 0 Å². The molecule has 3 atom stereocenters. The summed E-state index contributed by atoms with van der Waals surface area (Å²) >= 11 is 1.89. The molecule has 3 unspecified atom stereocenters. The molecule has 6 heteroatoms. The highest BCUT2D eigenvalue weighted by Crippen LogP contribution is 2.36. The molecule has 5 nitrogen and oxygen atoms in total. The van der Waals surface area contributed by atoms with Gasteiger partial charge in [0.25, 0.3) is 0 Å². The van der Waals surface area contributed by atoms with Crippen LogP contribution in [0.5, 0.6) is 0 Å². The van der Waals surface area contributed by atoms with E-state index in [1.165, 1.54) is 43.6 Å². The Balaban J connectivity index is 1.52. The number of likely N-dealkylation sites (N-methyl/N-ethyl adjacent to an activating group) is 1. The maximum atomic E-state index is 4.46. The van der Waals surface area contributed by atoms with Gasteiger partial charge in [0.15, 0.2) is 5.96 Å². The van der Waals surface area contributed by atoms with Crippen molar-refractivity contribution in [2.75, 3.05) is 46.8 Å². The number of nitrogens with one attached hydrogen (secondary N) is 2. The molecular formula is C20H35N5S. The summed E-state index contributed by atoms with van der Waals surface area (Å²) in [6.45, 7) is 7.82. The second-order valence-electron chi connectivity index (χ2n) is 7.60. The third kappa shape index (κ3) is 4.78. The van der Waals surface area contributed by atoms with Crippen LogP contribution in [0, 0.1) is 5.92 Å². The first-order valence-electron chi connectivity index (χ1n) is 10.1. The topological polar surface area (TPSA) is 42.9 Å². The molecule has 0 amide bonds. The van der Waals surface area contributed by atoms with Crippen molar-refractivity contribution < 1.29 is 0 Å². The Bertz CT molecular complexity index is 559. The standard InChI is InChI=1S/C20H35N5S/c1-4-25-12-6-9-17(25)15-23-20(21-2)22-14-16-8-5-11-24(3)19(16)18-10-7-13-26-18/h7,10,13,16-17,19H,4-6,8-9,11-12,14-15H2,1-3H3,(H2,21,22,23). The van der Waals surface area contributed by atoms with Crippen LogP contribution in [0.3, 0.4) is 0 Å². The van der Waals surface area contributed by atoms with E-state index in [9.17, 15) is 0 Å². The zero-order chi connectivity index (χ0) is 18.4. The smallest absolute Gasteiger partial charge is 0.191 e. The van der Waals surface area contributed by atoms with Gasteiger partial charge in [-0.2, -0.15) is 0 Å². The van der Waals surface area contributed by atoms with Crippen LogP contribution in [-0.4, -0.2) is 68.6 Å². The molecule has 0 aliphatic carbocycles. The van der Waals surface area contributed by atoms with Gasteiger partial charge in [0.1, 0.15) is 0 Å². The summed E-state index contributed by atoms with van der Waals surface area (Å²) in [4.78, 5) is 11.0. The quantitative estimate of drug-likeness (QED) is 0.591. The molecule has 2 aliphatic heterocycles. The molecule has 3 heterocycles. The molecule has 2 fully saturated rings. The first-order valence-corrected chi connectivity index (χ1v) is 11.0. The average molecular weight is 378 g/mol. The van der Waals surface area contributed by atoms with Gasteiger partial charge in [0.05, 0.1) is 0 Å². The lowest BCUT2D eigenvalue weighted by Crippen LogP contribution is -2.47. The SMILES string of the molecule is CCN1CCCC1CNC(=NC)NCC1CCCN(C)C1c1cccs1. The van der Waals surface area contributed by atoms with E-state index in [2.05, 4.69) is 56.9 Å². The highest BCUT2D eigenvalue weighted by Gasteiger charge is 2.31. The minimum Gasteiger partial charge on any atom is -0.356 e. The van der Waals surface area contributed by atoms with E-state index in [-0.39, 0.29) is 0 Å². The molecule has 2 aliphatic rings. The zero-order valence-corrected chi connectivity index (χ0v) is 17.4. The van der Waals surface area contributed by atoms with Crippen molar-refractivity contribution in [3.63, 3.8) is 0 Å². The first-order chi connectivity index (χ1) is 12.7.